The van der Waals surface area contributed by atoms with Crippen LogP contribution in [-0.4, -0.2) is 19.9 Å². The van der Waals surface area contributed by atoms with E-state index < -0.39 is 4.92 Å². The van der Waals surface area contributed by atoms with Crippen molar-refractivity contribution in [2.24, 2.45) is 0 Å². The Morgan fingerprint density at radius 3 is 2.50 bits per heavy atom. The Hall–Kier alpha value is -4.39. The molecule has 0 aliphatic carbocycles. The van der Waals surface area contributed by atoms with Gasteiger partial charge < -0.3 is 5.32 Å². The third-order valence-corrected chi connectivity index (χ3v) is 4.38. The SMILES string of the molecule is O=[N+]([O-])c1cccnc1Nc1cccc(-c2cncc(C=Cc3ccncc3)c2)c1. The van der Waals surface area contributed by atoms with Gasteiger partial charge in [0, 0.05) is 48.3 Å². The second kappa shape index (κ2) is 8.74. The van der Waals surface area contributed by atoms with Gasteiger partial charge in [-0.3, -0.25) is 20.1 Å². The second-order valence-electron chi connectivity index (χ2n) is 6.45. The fraction of sp³-hybridized carbons (Fsp3) is 0. The number of aromatic nitrogens is 3. The molecule has 3 aromatic heterocycles. The maximum Gasteiger partial charge on any atom is 0.311 e. The highest BCUT2D eigenvalue weighted by molar-refractivity contribution is 5.75. The lowest BCUT2D eigenvalue weighted by Gasteiger charge is -2.08. The van der Waals surface area contributed by atoms with E-state index in [0.29, 0.717) is 5.69 Å². The van der Waals surface area contributed by atoms with Gasteiger partial charge in [-0.25, -0.2) is 4.98 Å². The summed E-state index contributed by atoms with van der Waals surface area (Å²) in [6.45, 7) is 0. The molecule has 0 saturated carbocycles. The molecule has 4 aromatic rings. The van der Waals surface area contributed by atoms with Crippen molar-refractivity contribution in [1.82, 2.24) is 15.0 Å². The van der Waals surface area contributed by atoms with Crippen LogP contribution in [0.4, 0.5) is 17.2 Å². The van der Waals surface area contributed by atoms with Gasteiger partial charge in [0.05, 0.1) is 4.92 Å². The van der Waals surface area contributed by atoms with Crippen molar-refractivity contribution >= 4 is 29.3 Å². The van der Waals surface area contributed by atoms with Gasteiger partial charge in [-0.1, -0.05) is 24.3 Å². The first kappa shape index (κ1) is 18.9. The summed E-state index contributed by atoms with van der Waals surface area (Å²) in [6.07, 6.45) is 12.6. The molecule has 7 nitrogen and oxygen atoms in total. The molecule has 146 valence electrons. The number of nitrogens with zero attached hydrogens (tertiary/aromatic N) is 4. The van der Waals surface area contributed by atoms with Crippen LogP contribution in [0.1, 0.15) is 11.1 Å². The number of nitro groups is 1. The molecule has 1 aromatic carbocycles. The molecule has 0 saturated heterocycles. The number of hydrogen-bond donors (Lipinski definition) is 1. The Morgan fingerprint density at radius 1 is 0.833 bits per heavy atom. The van der Waals surface area contributed by atoms with Gasteiger partial charge in [0.15, 0.2) is 0 Å². The summed E-state index contributed by atoms with van der Waals surface area (Å²) in [4.78, 5) is 23.2. The summed E-state index contributed by atoms with van der Waals surface area (Å²) in [6, 6.07) is 16.4. The Bertz CT molecular complexity index is 1210. The van der Waals surface area contributed by atoms with Crippen LogP contribution in [0, 0.1) is 10.1 Å². The number of hydrogen-bond acceptors (Lipinski definition) is 6. The minimum absolute atomic E-state index is 0.0761. The molecule has 4 rings (SSSR count). The van der Waals surface area contributed by atoms with E-state index in [4.69, 9.17) is 0 Å². The summed E-state index contributed by atoms with van der Waals surface area (Å²) >= 11 is 0. The fourth-order valence-corrected chi connectivity index (χ4v) is 2.93. The highest BCUT2D eigenvalue weighted by Gasteiger charge is 2.14. The molecule has 3 heterocycles. The molecular formula is C23H17N5O2. The van der Waals surface area contributed by atoms with Crippen molar-refractivity contribution < 1.29 is 4.92 Å². The predicted molar refractivity (Wildman–Crippen MR) is 117 cm³/mol. The van der Waals surface area contributed by atoms with Gasteiger partial charge in [0.25, 0.3) is 0 Å². The normalized spacial score (nSPS) is 10.8. The lowest BCUT2D eigenvalue weighted by atomic mass is 10.0. The fourth-order valence-electron chi connectivity index (χ4n) is 2.93. The van der Waals surface area contributed by atoms with Crippen LogP contribution in [0.15, 0.2) is 85.6 Å². The highest BCUT2D eigenvalue weighted by atomic mass is 16.6. The van der Waals surface area contributed by atoms with Gasteiger partial charge >= 0.3 is 5.69 Å². The summed E-state index contributed by atoms with van der Waals surface area (Å²) < 4.78 is 0. The first-order valence-electron chi connectivity index (χ1n) is 9.19. The van der Waals surface area contributed by atoms with E-state index in [-0.39, 0.29) is 11.5 Å². The van der Waals surface area contributed by atoms with E-state index in [0.717, 1.165) is 22.3 Å². The van der Waals surface area contributed by atoms with Crippen LogP contribution in [0.2, 0.25) is 0 Å². The van der Waals surface area contributed by atoms with Crippen LogP contribution >= 0.6 is 0 Å². The maximum atomic E-state index is 11.2. The van der Waals surface area contributed by atoms with Gasteiger partial charge in [-0.05, 0) is 53.1 Å². The van der Waals surface area contributed by atoms with Crippen molar-refractivity contribution in [2.45, 2.75) is 0 Å². The molecule has 0 fully saturated rings. The lowest BCUT2D eigenvalue weighted by molar-refractivity contribution is -0.384. The van der Waals surface area contributed by atoms with Crippen LogP contribution in [0.3, 0.4) is 0 Å². The third-order valence-electron chi connectivity index (χ3n) is 4.38. The minimum atomic E-state index is -0.457. The van der Waals surface area contributed by atoms with Gasteiger partial charge in [0.1, 0.15) is 0 Å². The zero-order valence-electron chi connectivity index (χ0n) is 15.8. The molecular weight excluding hydrogens is 378 g/mol. The first-order chi connectivity index (χ1) is 14.7. The van der Waals surface area contributed by atoms with Crippen LogP contribution in [0.25, 0.3) is 23.3 Å². The molecule has 0 bridgehead atoms. The van der Waals surface area contributed by atoms with Gasteiger partial charge in [-0.2, -0.15) is 0 Å². The highest BCUT2D eigenvalue weighted by Crippen LogP contribution is 2.28. The van der Waals surface area contributed by atoms with Crippen LogP contribution in [0.5, 0.6) is 0 Å². The van der Waals surface area contributed by atoms with E-state index in [1.807, 2.05) is 54.6 Å². The molecule has 1 N–H and O–H groups in total. The lowest BCUT2D eigenvalue weighted by Crippen LogP contribution is -1.99. The van der Waals surface area contributed by atoms with Crippen molar-refractivity contribution in [3.63, 3.8) is 0 Å². The number of anilines is 2. The molecule has 0 aliphatic rings. The first-order valence-corrected chi connectivity index (χ1v) is 9.19. The Balaban J connectivity index is 1.59. The Labute approximate surface area is 173 Å². The van der Waals surface area contributed by atoms with E-state index >= 15 is 0 Å². The number of pyridine rings is 3. The zero-order chi connectivity index (χ0) is 20.8. The Kier molecular flexibility index (Phi) is 5.52. The molecule has 0 unspecified atom stereocenters. The van der Waals surface area contributed by atoms with Crippen LogP contribution in [-0.2, 0) is 0 Å². The summed E-state index contributed by atoms with van der Waals surface area (Å²) in [5.74, 6) is 0.201. The number of nitrogens with one attached hydrogen (secondary N) is 1. The smallest absolute Gasteiger partial charge is 0.311 e. The van der Waals surface area contributed by atoms with Crippen molar-refractivity contribution in [3.8, 4) is 11.1 Å². The zero-order valence-corrected chi connectivity index (χ0v) is 15.8. The van der Waals surface area contributed by atoms with E-state index in [1.165, 1.54) is 18.3 Å². The van der Waals surface area contributed by atoms with E-state index in [9.17, 15) is 10.1 Å². The maximum absolute atomic E-state index is 11.2. The Morgan fingerprint density at radius 2 is 1.67 bits per heavy atom. The standard InChI is InChI=1S/C23H17N5O2/c29-28(30)22-5-2-10-26-23(22)27-21-4-1-3-19(14-21)20-13-18(15-25-16-20)7-6-17-8-11-24-12-9-17/h1-16H,(H,26,27). The molecule has 0 aliphatic heterocycles. The second-order valence-corrected chi connectivity index (χ2v) is 6.45. The quantitative estimate of drug-likeness (QED) is 0.349. The molecule has 0 amide bonds. The van der Waals surface area contributed by atoms with Gasteiger partial charge in [-0.15, -0.1) is 0 Å². The predicted octanol–water partition coefficient (Wildman–Crippen LogP) is 5.36. The minimum Gasteiger partial charge on any atom is -0.334 e. The van der Waals surface area contributed by atoms with Gasteiger partial charge in [0.2, 0.25) is 5.82 Å². The van der Waals surface area contributed by atoms with E-state index in [1.54, 1.807) is 24.8 Å². The summed E-state index contributed by atoms with van der Waals surface area (Å²) in [5, 5.41) is 14.2. The summed E-state index contributed by atoms with van der Waals surface area (Å²) in [5.41, 5.74) is 4.51. The molecule has 0 spiro atoms. The monoisotopic (exact) mass is 395 g/mol. The molecule has 0 atom stereocenters. The van der Waals surface area contributed by atoms with Crippen LogP contribution < -0.4 is 5.32 Å². The third kappa shape index (κ3) is 4.53. The van der Waals surface area contributed by atoms with Crippen molar-refractivity contribution in [1.29, 1.82) is 0 Å². The topological polar surface area (TPSA) is 93.8 Å². The molecule has 30 heavy (non-hydrogen) atoms. The van der Waals surface area contributed by atoms with Crippen molar-refractivity contribution in [3.05, 3.63) is 107 Å². The number of rotatable bonds is 6. The average molecular weight is 395 g/mol. The summed E-state index contributed by atoms with van der Waals surface area (Å²) in [7, 11) is 0. The average Bonchev–Trinajstić information content (AvgIpc) is 2.79. The molecule has 0 radical (unpaired) electrons. The largest absolute Gasteiger partial charge is 0.334 e. The van der Waals surface area contributed by atoms with Crippen molar-refractivity contribution in [2.75, 3.05) is 5.32 Å². The number of benzene rings is 1. The molecule has 7 heteroatoms. The van der Waals surface area contributed by atoms with E-state index in [2.05, 4.69) is 20.3 Å².